The van der Waals surface area contributed by atoms with Crippen LogP contribution < -0.4 is 5.73 Å². The summed E-state index contributed by atoms with van der Waals surface area (Å²) in [7, 11) is 0. The molecule has 1 heterocycles. The Morgan fingerprint density at radius 2 is 2.17 bits per heavy atom. The average Bonchev–Trinajstić information content (AvgIpc) is 2.85. The minimum absolute atomic E-state index is 0.233. The van der Waals surface area contributed by atoms with Crippen molar-refractivity contribution in [3.8, 4) is 0 Å². The summed E-state index contributed by atoms with van der Waals surface area (Å²) in [6, 6.07) is 2.00. The predicted molar refractivity (Wildman–Crippen MR) is 71.4 cm³/mol. The second kappa shape index (κ2) is 5.22. The van der Waals surface area contributed by atoms with Crippen LogP contribution in [0.1, 0.15) is 50.4 Å². The second-order valence-corrected chi connectivity index (χ2v) is 5.55. The van der Waals surface area contributed by atoms with Gasteiger partial charge in [-0.1, -0.05) is 12.8 Å². The van der Waals surface area contributed by atoms with Crippen LogP contribution in [0.3, 0.4) is 0 Å². The van der Waals surface area contributed by atoms with E-state index < -0.39 is 0 Å². The molecule has 18 heavy (non-hydrogen) atoms. The molecule has 1 aromatic heterocycles. The molecule has 0 spiro atoms. The van der Waals surface area contributed by atoms with Gasteiger partial charge in [-0.2, -0.15) is 5.10 Å². The highest BCUT2D eigenvalue weighted by Crippen LogP contribution is 2.30. The van der Waals surface area contributed by atoms with Gasteiger partial charge < -0.3 is 5.73 Å². The lowest BCUT2D eigenvalue weighted by Crippen LogP contribution is -2.39. The topological polar surface area (TPSA) is 60.9 Å². The first kappa shape index (κ1) is 13.3. The molecule has 100 valence electrons. The van der Waals surface area contributed by atoms with E-state index in [1.54, 1.807) is 0 Å². The molecule has 0 bridgehead atoms. The van der Waals surface area contributed by atoms with E-state index in [4.69, 9.17) is 5.73 Å². The van der Waals surface area contributed by atoms with Crippen LogP contribution in [0.5, 0.6) is 0 Å². The van der Waals surface area contributed by atoms with Crippen molar-refractivity contribution in [3.05, 3.63) is 17.5 Å². The van der Waals surface area contributed by atoms with Crippen LogP contribution in [0, 0.1) is 6.92 Å². The van der Waals surface area contributed by atoms with Crippen molar-refractivity contribution in [1.82, 2.24) is 9.78 Å². The van der Waals surface area contributed by atoms with Crippen molar-refractivity contribution in [2.45, 2.75) is 64.5 Å². The molecule has 1 fully saturated rings. The fraction of sp³-hybridized carbons (Fsp3) is 0.714. The highest BCUT2D eigenvalue weighted by Gasteiger charge is 2.31. The summed E-state index contributed by atoms with van der Waals surface area (Å²) in [5.74, 6) is 0.244. The first-order chi connectivity index (χ1) is 8.52. The number of rotatable bonds is 5. The zero-order valence-corrected chi connectivity index (χ0v) is 11.4. The third-order valence-electron chi connectivity index (χ3n) is 3.81. The van der Waals surface area contributed by atoms with E-state index in [2.05, 4.69) is 5.10 Å². The van der Waals surface area contributed by atoms with Crippen LogP contribution in [0.15, 0.2) is 6.07 Å². The van der Waals surface area contributed by atoms with Crippen LogP contribution in [-0.2, 0) is 17.8 Å². The first-order valence-corrected chi connectivity index (χ1v) is 6.86. The van der Waals surface area contributed by atoms with E-state index in [-0.39, 0.29) is 11.3 Å². The van der Waals surface area contributed by atoms with E-state index in [0.717, 1.165) is 43.6 Å². The molecule has 0 atom stereocenters. The highest BCUT2D eigenvalue weighted by atomic mass is 16.1. The molecular weight excluding hydrogens is 226 g/mol. The summed E-state index contributed by atoms with van der Waals surface area (Å²) in [5, 5.41) is 4.36. The van der Waals surface area contributed by atoms with Crippen molar-refractivity contribution < 1.29 is 4.79 Å². The van der Waals surface area contributed by atoms with E-state index in [1.807, 2.05) is 24.6 Å². The molecule has 4 heteroatoms. The third kappa shape index (κ3) is 2.99. The summed E-state index contributed by atoms with van der Waals surface area (Å²) in [6.45, 7) is 4.81. The number of nitrogens with two attached hydrogens (primary N) is 1. The molecule has 1 saturated carbocycles. The molecule has 0 aliphatic heterocycles. The fourth-order valence-electron chi connectivity index (χ4n) is 2.93. The Labute approximate surface area is 109 Å². The number of hydrogen-bond donors (Lipinski definition) is 1. The summed E-state index contributed by atoms with van der Waals surface area (Å²) in [6.07, 6.45) is 5.29. The number of carbonyl (C=O) groups excluding carboxylic acids is 1. The SMILES string of the molecule is CCn1nc(C)cc1CC(=O)CC1(N)CCCC1. The number of carbonyl (C=O) groups is 1. The lowest BCUT2D eigenvalue weighted by atomic mass is 9.91. The number of aryl methyl sites for hydroxylation is 2. The predicted octanol–water partition coefficient (Wildman–Crippen LogP) is 1.98. The first-order valence-electron chi connectivity index (χ1n) is 6.86. The number of ketones is 1. The lowest BCUT2D eigenvalue weighted by Gasteiger charge is -2.22. The highest BCUT2D eigenvalue weighted by molar-refractivity contribution is 5.81. The van der Waals surface area contributed by atoms with Crippen molar-refractivity contribution in [3.63, 3.8) is 0 Å². The van der Waals surface area contributed by atoms with Gasteiger partial charge >= 0.3 is 0 Å². The number of hydrogen-bond acceptors (Lipinski definition) is 3. The van der Waals surface area contributed by atoms with Gasteiger partial charge in [0.1, 0.15) is 5.78 Å². The summed E-state index contributed by atoms with van der Waals surface area (Å²) >= 11 is 0. The number of nitrogens with zero attached hydrogens (tertiary/aromatic N) is 2. The minimum atomic E-state index is -0.233. The fourth-order valence-corrected chi connectivity index (χ4v) is 2.93. The molecular formula is C14H23N3O. The van der Waals surface area contributed by atoms with Gasteiger partial charge in [0.05, 0.1) is 5.69 Å². The van der Waals surface area contributed by atoms with Crippen LogP contribution in [0.4, 0.5) is 0 Å². The Balaban J connectivity index is 1.98. The Morgan fingerprint density at radius 1 is 1.50 bits per heavy atom. The van der Waals surface area contributed by atoms with Gasteiger partial charge in [-0.05, 0) is 32.8 Å². The molecule has 2 rings (SSSR count). The van der Waals surface area contributed by atoms with E-state index >= 15 is 0 Å². The van der Waals surface area contributed by atoms with Crippen LogP contribution in [0.2, 0.25) is 0 Å². The molecule has 2 N–H and O–H groups in total. The Bertz CT molecular complexity index is 430. The average molecular weight is 249 g/mol. The molecule has 1 aliphatic carbocycles. The standard InChI is InChI=1S/C14H23N3O/c1-3-17-12(8-11(2)16-17)9-13(18)10-14(15)6-4-5-7-14/h8H,3-7,9-10,15H2,1-2H3. The molecule has 1 aliphatic rings. The van der Waals surface area contributed by atoms with Gasteiger partial charge in [-0.15, -0.1) is 0 Å². The largest absolute Gasteiger partial charge is 0.325 e. The summed E-state index contributed by atoms with van der Waals surface area (Å²) in [4.78, 5) is 12.1. The smallest absolute Gasteiger partial charge is 0.140 e. The van der Waals surface area contributed by atoms with Crippen molar-refractivity contribution in [2.75, 3.05) is 0 Å². The lowest BCUT2D eigenvalue weighted by molar-refractivity contribution is -0.119. The summed E-state index contributed by atoms with van der Waals surface area (Å²) in [5.41, 5.74) is 8.00. The molecule has 1 aromatic rings. The van der Waals surface area contributed by atoms with Gasteiger partial charge in [-0.3, -0.25) is 9.48 Å². The van der Waals surface area contributed by atoms with Gasteiger partial charge in [0.2, 0.25) is 0 Å². The van der Waals surface area contributed by atoms with Gasteiger partial charge in [-0.25, -0.2) is 0 Å². The maximum atomic E-state index is 12.1. The van der Waals surface area contributed by atoms with Gasteiger partial charge in [0.15, 0.2) is 0 Å². The van der Waals surface area contributed by atoms with Crippen molar-refractivity contribution >= 4 is 5.78 Å². The van der Waals surface area contributed by atoms with Crippen molar-refractivity contribution in [2.24, 2.45) is 5.73 Å². The normalized spacial score (nSPS) is 18.2. The molecule has 0 saturated heterocycles. The van der Waals surface area contributed by atoms with Crippen LogP contribution >= 0.6 is 0 Å². The minimum Gasteiger partial charge on any atom is -0.325 e. The number of Topliss-reactive ketones (excluding diaryl/α,β-unsaturated/α-hetero) is 1. The van der Waals surface area contributed by atoms with Gasteiger partial charge in [0, 0.05) is 30.6 Å². The summed E-state index contributed by atoms with van der Waals surface area (Å²) < 4.78 is 1.91. The number of aromatic nitrogens is 2. The van der Waals surface area contributed by atoms with Crippen molar-refractivity contribution in [1.29, 1.82) is 0 Å². The van der Waals surface area contributed by atoms with Gasteiger partial charge in [0.25, 0.3) is 0 Å². The Hall–Kier alpha value is -1.16. The Morgan fingerprint density at radius 3 is 2.78 bits per heavy atom. The zero-order valence-electron chi connectivity index (χ0n) is 11.4. The monoisotopic (exact) mass is 249 g/mol. The van der Waals surface area contributed by atoms with E-state index in [1.165, 1.54) is 0 Å². The molecule has 0 radical (unpaired) electrons. The maximum Gasteiger partial charge on any atom is 0.140 e. The van der Waals surface area contributed by atoms with E-state index in [0.29, 0.717) is 12.8 Å². The van der Waals surface area contributed by atoms with Crippen LogP contribution in [-0.4, -0.2) is 21.1 Å². The zero-order chi connectivity index (χ0) is 13.2. The molecule has 4 nitrogen and oxygen atoms in total. The van der Waals surface area contributed by atoms with Crippen LogP contribution in [0.25, 0.3) is 0 Å². The molecule has 0 amide bonds. The molecule has 0 aromatic carbocycles. The Kier molecular flexibility index (Phi) is 3.85. The maximum absolute atomic E-state index is 12.1. The second-order valence-electron chi connectivity index (χ2n) is 5.55. The van der Waals surface area contributed by atoms with E-state index in [9.17, 15) is 4.79 Å². The third-order valence-corrected chi connectivity index (χ3v) is 3.81. The quantitative estimate of drug-likeness (QED) is 0.868. The molecule has 0 unspecified atom stereocenters.